The van der Waals surface area contributed by atoms with Gasteiger partial charge in [0.2, 0.25) is 0 Å². The molecule has 1 aromatic carbocycles. The Kier molecular flexibility index (Phi) is 3.62. The predicted molar refractivity (Wildman–Crippen MR) is 76.4 cm³/mol. The number of nitrogens with two attached hydrogens (primary N) is 1. The van der Waals surface area contributed by atoms with E-state index in [-0.39, 0.29) is 5.84 Å². The van der Waals surface area contributed by atoms with Crippen LogP contribution in [-0.4, -0.2) is 17.9 Å². The summed E-state index contributed by atoms with van der Waals surface area (Å²) in [6.45, 7) is 2.71. The van der Waals surface area contributed by atoms with Crippen molar-refractivity contribution in [3.8, 4) is 0 Å². The summed E-state index contributed by atoms with van der Waals surface area (Å²) in [5, 5.41) is 9.68. The molecule has 1 heterocycles. The van der Waals surface area contributed by atoms with Crippen LogP contribution in [0.5, 0.6) is 0 Å². The fraction of sp³-hybridized carbons (Fsp3) is 0.231. The highest BCUT2D eigenvalue weighted by Gasteiger charge is 2.11. The lowest BCUT2D eigenvalue weighted by Crippen LogP contribution is -2.22. The second-order valence-corrected chi connectivity index (χ2v) is 4.99. The largest absolute Gasteiger partial charge is 0.384 e. The van der Waals surface area contributed by atoms with Crippen molar-refractivity contribution in [3.63, 3.8) is 0 Å². The van der Waals surface area contributed by atoms with Gasteiger partial charge in [0.05, 0.1) is 17.7 Å². The molecule has 1 aromatic heterocycles. The van der Waals surface area contributed by atoms with Gasteiger partial charge < -0.3 is 10.6 Å². The monoisotopic (exact) mass is 260 g/mol. The van der Waals surface area contributed by atoms with E-state index < -0.39 is 0 Å². The minimum atomic E-state index is 0.0961. The molecule has 0 bridgehead atoms. The first kappa shape index (κ1) is 12.6. The third-order valence-electron chi connectivity index (χ3n) is 2.74. The lowest BCUT2D eigenvalue weighted by molar-refractivity contribution is 0.893. The van der Waals surface area contributed by atoms with Gasteiger partial charge >= 0.3 is 0 Å². The number of aryl methyl sites for hydroxylation is 1. The second-order valence-electron chi connectivity index (χ2n) is 4.27. The highest BCUT2D eigenvalue weighted by atomic mass is 32.1. The topological polar surface area (TPSA) is 66.0 Å². The van der Waals surface area contributed by atoms with E-state index in [4.69, 9.17) is 11.1 Å². The van der Waals surface area contributed by atoms with E-state index in [9.17, 15) is 0 Å². The summed E-state index contributed by atoms with van der Waals surface area (Å²) < 4.78 is 0. The molecule has 0 atom stereocenters. The van der Waals surface area contributed by atoms with Gasteiger partial charge in [-0.2, -0.15) is 0 Å². The number of hydrogen-bond acceptors (Lipinski definition) is 4. The zero-order valence-corrected chi connectivity index (χ0v) is 11.3. The third-order valence-corrected chi connectivity index (χ3v) is 3.37. The van der Waals surface area contributed by atoms with Crippen LogP contribution in [0.15, 0.2) is 29.1 Å². The molecule has 0 aliphatic carbocycles. The molecule has 0 saturated carbocycles. The maximum atomic E-state index is 7.65. The summed E-state index contributed by atoms with van der Waals surface area (Å²) >= 11 is 1.58. The van der Waals surface area contributed by atoms with Gasteiger partial charge in [-0.1, -0.05) is 11.6 Å². The number of nitrogens with one attached hydrogen (secondary N) is 1. The average molecular weight is 260 g/mol. The first-order chi connectivity index (χ1) is 8.58. The Labute approximate surface area is 111 Å². The minimum Gasteiger partial charge on any atom is -0.384 e. The van der Waals surface area contributed by atoms with Crippen molar-refractivity contribution in [2.75, 3.05) is 11.9 Å². The van der Waals surface area contributed by atoms with Gasteiger partial charge in [0.15, 0.2) is 0 Å². The molecule has 0 radical (unpaired) electrons. The van der Waals surface area contributed by atoms with Crippen molar-refractivity contribution in [1.82, 2.24) is 4.98 Å². The molecule has 0 aliphatic rings. The van der Waals surface area contributed by atoms with Crippen LogP contribution in [0.1, 0.15) is 16.8 Å². The number of benzene rings is 1. The van der Waals surface area contributed by atoms with Crippen molar-refractivity contribution in [3.05, 3.63) is 45.9 Å². The minimum absolute atomic E-state index is 0.0961. The quantitative estimate of drug-likeness (QED) is 0.655. The first-order valence-corrected chi connectivity index (χ1v) is 6.55. The zero-order valence-electron chi connectivity index (χ0n) is 10.5. The Bertz CT molecular complexity index is 548. The van der Waals surface area contributed by atoms with Gasteiger partial charge in [-0.15, -0.1) is 11.3 Å². The molecule has 3 N–H and O–H groups in total. The number of nitrogen functional groups attached to an aromatic ring is 1. The van der Waals surface area contributed by atoms with Gasteiger partial charge in [-0.05, 0) is 19.1 Å². The lowest BCUT2D eigenvalue weighted by atomic mass is 10.1. The number of aromatic nitrogens is 1. The highest BCUT2D eigenvalue weighted by Crippen LogP contribution is 2.22. The third kappa shape index (κ3) is 2.68. The smallest absolute Gasteiger partial charge is 0.124 e. The van der Waals surface area contributed by atoms with E-state index in [2.05, 4.69) is 9.88 Å². The number of amidine groups is 1. The molecule has 0 spiro atoms. The van der Waals surface area contributed by atoms with Gasteiger partial charge in [0.25, 0.3) is 0 Å². The van der Waals surface area contributed by atoms with Crippen molar-refractivity contribution in [2.24, 2.45) is 5.73 Å². The summed E-state index contributed by atoms with van der Waals surface area (Å²) in [5.74, 6) is 0.0961. The van der Waals surface area contributed by atoms with Crippen LogP contribution in [0.3, 0.4) is 0 Å². The molecule has 0 unspecified atom stereocenters. The second kappa shape index (κ2) is 5.18. The molecule has 0 aliphatic heterocycles. The zero-order chi connectivity index (χ0) is 13.1. The summed E-state index contributed by atoms with van der Waals surface area (Å²) in [7, 11) is 1.98. The van der Waals surface area contributed by atoms with E-state index in [1.165, 1.54) is 0 Å². The van der Waals surface area contributed by atoms with E-state index in [0.717, 1.165) is 22.5 Å². The number of nitrogens with zero attached hydrogens (tertiary/aromatic N) is 2. The van der Waals surface area contributed by atoms with E-state index >= 15 is 0 Å². The standard InChI is InChI=1S/C13H16N4S/c1-9-3-4-12(11(5-9)13(14)15)17(2)6-10-7-18-8-16-10/h3-5,7-8H,6H2,1-2H3,(H3,14,15). The highest BCUT2D eigenvalue weighted by molar-refractivity contribution is 7.07. The molecule has 4 nitrogen and oxygen atoms in total. The van der Waals surface area contributed by atoms with E-state index in [1.54, 1.807) is 11.3 Å². The van der Waals surface area contributed by atoms with Crippen LogP contribution in [-0.2, 0) is 6.54 Å². The Morgan fingerprint density at radius 3 is 2.89 bits per heavy atom. The Balaban J connectivity index is 2.29. The van der Waals surface area contributed by atoms with Crippen molar-refractivity contribution in [2.45, 2.75) is 13.5 Å². The SMILES string of the molecule is Cc1ccc(N(C)Cc2cscn2)c(C(=N)N)c1. The van der Waals surface area contributed by atoms with Gasteiger partial charge in [0, 0.05) is 23.7 Å². The lowest BCUT2D eigenvalue weighted by Gasteiger charge is -2.21. The van der Waals surface area contributed by atoms with Gasteiger partial charge in [0.1, 0.15) is 5.84 Å². The molecule has 94 valence electrons. The normalized spacial score (nSPS) is 10.3. The number of rotatable bonds is 4. The molecular weight excluding hydrogens is 244 g/mol. The van der Waals surface area contributed by atoms with Crippen LogP contribution in [0, 0.1) is 12.3 Å². The number of anilines is 1. The molecule has 2 aromatic rings. The fourth-order valence-corrected chi connectivity index (χ4v) is 2.39. The number of hydrogen-bond donors (Lipinski definition) is 2. The van der Waals surface area contributed by atoms with Crippen LogP contribution in [0.2, 0.25) is 0 Å². The van der Waals surface area contributed by atoms with Gasteiger partial charge in [-0.25, -0.2) is 4.98 Å². The fourth-order valence-electron chi connectivity index (χ4n) is 1.84. The maximum Gasteiger partial charge on any atom is 0.124 e. The summed E-state index contributed by atoms with van der Waals surface area (Å²) in [4.78, 5) is 6.33. The summed E-state index contributed by atoms with van der Waals surface area (Å²) in [5.41, 5.74) is 11.3. The Morgan fingerprint density at radius 2 is 2.28 bits per heavy atom. The molecule has 2 rings (SSSR count). The van der Waals surface area contributed by atoms with Crippen LogP contribution in [0.4, 0.5) is 5.69 Å². The van der Waals surface area contributed by atoms with Crippen LogP contribution >= 0.6 is 11.3 Å². The summed E-state index contributed by atoms with van der Waals surface area (Å²) in [6.07, 6.45) is 0. The Morgan fingerprint density at radius 1 is 1.50 bits per heavy atom. The van der Waals surface area contributed by atoms with E-state index in [1.807, 2.05) is 43.1 Å². The number of thiazole rings is 1. The van der Waals surface area contributed by atoms with Crippen LogP contribution in [0.25, 0.3) is 0 Å². The first-order valence-electron chi connectivity index (χ1n) is 5.61. The van der Waals surface area contributed by atoms with Crippen molar-refractivity contribution < 1.29 is 0 Å². The molecular formula is C13H16N4S. The van der Waals surface area contributed by atoms with Gasteiger partial charge in [-0.3, -0.25) is 5.41 Å². The molecule has 0 amide bonds. The van der Waals surface area contributed by atoms with Crippen molar-refractivity contribution in [1.29, 1.82) is 5.41 Å². The molecule has 0 saturated heterocycles. The molecule has 0 fully saturated rings. The molecule has 5 heteroatoms. The predicted octanol–water partition coefficient (Wildman–Crippen LogP) is 2.37. The van der Waals surface area contributed by atoms with Crippen molar-refractivity contribution >= 4 is 22.9 Å². The molecule has 18 heavy (non-hydrogen) atoms. The van der Waals surface area contributed by atoms with E-state index in [0.29, 0.717) is 6.54 Å². The Hall–Kier alpha value is -1.88. The van der Waals surface area contributed by atoms with Crippen LogP contribution < -0.4 is 10.6 Å². The average Bonchev–Trinajstić information content (AvgIpc) is 2.81. The summed E-state index contributed by atoms with van der Waals surface area (Å²) in [6, 6.07) is 5.97. The maximum absolute atomic E-state index is 7.65.